The molecule has 4 nitrogen and oxygen atoms in total. The van der Waals surface area contributed by atoms with Gasteiger partial charge < -0.3 is 14.8 Å². The number of hydrogen-bond donors (Lipinski definition) is 1. The SMILES string of the molecule is CO[C@H]1CN[C@@H](COc2cccnc2)C1.Cl.Cl. The Balaban J connectivity index is 0.00000128. The van der Waals surface area contributed by atoms with Gasteiger partial charge in [-0.25, -0.2) is 0 Å². The second-order valence-corrected chi connectivity index (χ2v) is 3.70. The van der Waals surface area contributed by atoms with Crippen molar-refractivity contribution in [1.82, 2.24) is 10.3 Å². The van der Waals surface area contributed by atoms with Gasteiger partial charge in [-0.05, 0) is 18.6 Å². The van der Waals surface area contributed by atoms with Crippen LogP contribution in [-0.2, 0) is 4.74 Å². The summed E-state index contributed by atoms with van der Waals surface area (Å²) >= 11 is 0. The van der Waals surface area contributed by atoms with Gasteiger partial charge in [0.15, 0.2) is 0 Å². The summed E-state index contributed by atoms with van der Waals surface area (Å²) in [6.45, 7) is 1.59. The van der Waals surface area contributed by atoms with Crippen LogP contribution in [0.5, 0.6) is 5.75 Å². The second-order valence-electron chi connectivity index (χ2n) is 3.70. The number of nitrogens with one attached hydrogen (secondary N) is 1. The van der Waals surface area contributed by atoms with E-state index in [-0.39, 0.29) is 24.8 Å². The van der Waals surface area contributed by atoms with Gasteiger partial charge in [0.25, 0.3) is 0 Å². The van der Waals surface area contributed by atoms with Crippen LogP contribution in [0.4, 0.5) is 0 Å². The van der Waals surface area contributed by atoms with Gasteiger partial charge >= 0.3 is 0 Å². The lowest BCUT2D eigenvalue weighted by molar-refractivity contribution is 0.115. The maximum absolute atomic E-state index is 5.60. The molecule has 1 fully saturated rings. The van der Waals surface area contributed by atoms with Crippen molar-refractivity contribution >= 4 is 24.8 Å². The topological polar surface area (TPSA) is 43.4 Å². The molecule has 1 aliphatic heterocycles. The average molecular weight is 281 g/mol. The summed E-state index contributed by atoms with van der Waals surface area (Å²) in [6, 6.07) is 4.17. The first-order valence-corrected chi connectivity index (χ1v) is 5.17. The molecule has 98 valence electrons. The van der Waals surface area contributed by atoms with Crippen LogP contribution in [0.25, 0.3) is 0 Å². The molecule has 2 atom stereocenters. The van der Waals surface area contributed by atoms with Gasteiger partial charge in [0.2, 0.25) is 0 Å². The lowest BCUT2D eigenvalue weighted by atomic mass is 10.2. The largest absolute Gasteiger partial charge is 0.490 e. The Kier molecular flexibility index (Phi) is 8.25. The van der Waals surface area contributed by atoms with Crippen LogP contribution in [0.3, 0.4) is 0 Å². The second kappa shape index (κ2) is 8.53. The molecular weight excluding hydrogens is 263 g/mol. The highest BCUT2D eigenvalue weighted by atomic mass is 35.5. The molecule has 2 heterocycles. The molecule has 1 aromatic rings. The van der Waals surface area contributed by atoms with E-state index in [1.807, 2.05) is 12.1 Å². The summed E-state index contributed by atoms with van der Waals surface area (Å²) in [5, 5.41) is 3.36. The molecule has 1 aliphatic rings. The number of hydrogen-bond acceptors (Lipinski definition) is 4. The zero-order valence-corrected chi connectivity index (χ0v) is 11.3. The van der Waals surface area contributed by atoms with Crippen LogP contribution < -0.4 is 10.1 Å². The van der Waals surface area contributed by atoms with Crippen molar-refractivity contribution < 1.29 is 9.47 Å². The minimum atomic E-state index is 0. The number of rotatable bonds is 4. The lowest BCUT2D eigenvalue weighted by Gasteiger charge is -2.11. The molecule has 0 amide bonds. The maximum Gasteiger partial charge on any atom is 0.137 e. The third-order valence-electron chi connectivity index (χ3n) is 2.60. The van der Waals surface area contributed by atoms with Gasteiger partial charge in [-0.15, -0.1) is 24.8 Å². The smallest absolute Gasteiger partial charge is 0.137 e. The minimum Gasteiger partial charge on any atom is -0.490 e. The van der Waals surface area contributed by atoms with Gasteiger partial charge in [0.05, 0.1) is 12.3 Å². The van der Waals surface area contributed by atoms with E-state index in [4.69, 9.17) is 9.47 Å². The predicted octanol–water partition coefficient (Wildman–Crippen LogP) is 1.68. The molecule has 0 spiro atoms. The fourth-order valence-electron chi connectivity index (χ4n) is 1.72. The first-order chi connectivity index (χ1) is 7.38. The van der Waals surface area contributed by atoms with Crippen LogP contribution in [0.15, 0.2) is 24.5 Å². The summed E-state index contributed by atoms with van der Waals surface area (Å²) in [7, 11) is 1.75. The molecule has 0 aliphatic carbocycles. The zero-order chi connectivity index (χ0) is 10.5. The fraction of sp³-hybridized carbons (Fsp3) is 0.545. The Morgan fingerprint density at radius 3 is 2.88 bits per heavy atom. The first-order valence-electron chi connectivity index (χ1n) is 5.17. The molecule has 0 aromatic carbocycles. The molecule has 0 bridgehead atoms. The summed E-state index contributed by atoms with van der Waals surface area (Å²) in [4.78, 5) is 3.99. The summed E-state index contributed by atoms with van der Waals surface area (Å²) in [6.07, 6.45) is 4.80. The maximum atomic E-state index is 5.60. The number of aromatic nitrogens is 1. The van der Waals surface area contributed by atoms with Crippen LogP contribution >= 0.6 is 24.8 Å². The Bertz CT molecular complexity index is 301. The first kappa shape index (κ1) is 16.4. The molecule has 1 saturated heterocycles. The average Bonchev–Trinajstić information content (AvgIpc) is 2.76. The standard InChI is InChI=1S/C11H16N2O2.2ClH/c1-14-11-5-9(13-7-11)8-15-10-3-2-4-12-6-10;;/h2-4,6,9,11,13H,5,7-8H2,1H3;2*1H/t9-,11-;;/m1../s1. The molecule has 6 heteroatoms. The molecule has 0 unspecified atom stereocenters. The third kappa shape index (κ3) is 5.08. The van der Waals surface area contributed by atoms with Crippen LogP contribution in [0.1, 0.15) is 6.42 Å². The number of ether oxygens (including phenoxy) is 2. The highest BCUT2D eigenvalue weighted by molar-refractivity contribution is 5.85. The Morgan fingerprint density at radius 1 is 1.47 bits per heavy atom. The lowest BCUT2D eigenvalue weighted by Crippen LogP contribution is -2.28. The van der Waals surface area contributed by atoms with E-state index in [2.05, 4.69) is 10.3 Å². The molecule has 1 N–H and O–H groups in total. The Morgan fingerprint density at radius 2 is 2.29 bits per heavy atom. The van der Waals surface area contributed by atoms with Gasteiger partial charge in [-0.2, -0.15) is 0 Å². The van der Waals surface area contributed by atoms with Crippen molar-refractivity contribution in [2.45, 2.75) is 18.6 Å². The minimum absolute atomic E-state index is 0. The van der Waals surface area contributed by atoms with E-state index < -0.39 is 0 Å². The molecule has 0 saturated carbocycles. The van der Waals surface area contributed by atoms with E-state index in [0.29, 0.717) is 18.8 Å². The molecule has 17 heavy (non-hydrogen) atoms. The van der Waals surface area contributed by atoms with Gasteiger partial charge in [-0.1, -0.05) is 0 Å². The quantitative estimate of drug-likeness (QED) is 0.912. The fourth-order valence-corrected chi connectivity index (χ4v) is 1.72. The third-order valence-corrected chi connectivity index (χ3v) is 2.60. The van der Waals surface area contributed by atoms with Crippen molar-refractivity contribution in [3.63, 3.8) is 0 Å². The van der Waals surface area contributed by atoms with E-state index in [1.54, 1.807) is 19.5 Å². The van der Waals surface area contributed by atoms with E-state index in [1.165, 1.54) is 0 Å². The molecule has 1 aromatic heterocycles. The van der Waals surface area contributed by atoms with E-state index in [9.17, 15) is 0 Å². The van der Waals surface area contributed by atoms with Crippen LogP contribution in [-0.4, -0.2) is 37.4 Å². The Hall–Kier alpha value is -0.550. The van der Waals surface area contributed by atoms with Gasteiger partial charge in [0, 0.05) is 25.9 Å². The molecule has 0 radical (unpaired) electrons. The monoisotopic (exact) mass is 280 g/mol. The summed E-state index contributed by atoms with van der Waals surface area (Å²) < 4.78 is 10.9. The van der Waals surface area contributed by atoms with Crippen molar-refractivity contribution in [1.29, 1.82) is 0 Å². The van der Waals surface area contributed by atoms with E-state index >= 15 is 0 Å². The highest BCUT2D eigenvalue weighted by Crippen LogP contribution is 2.12. The Labute approximate surface area is 114 Å². The predicted molar refractivity (Wildman–Crippen MR) is 71.4 cm³/mol. The van der Waals surface area contributed by atoms with Crippen molar-refractivity contribution in [3.8, 4) is 5.75 Å². The van der Waals surface area contributed by atoms with Gasteiger partial charge in [0.1, 0.15) is 12.4 Å². The number of pyridine rings is 1. The number of nitrogens with zero attached hydrogens (tertiary/aromatic N) is 1. The number of halogens is 2. The van der Waals surface area contributed by atoms with Crippen LogP contribution in [0, 0.1) is 0 Å². The zero-order valence-electron chi connectivity index (χ0n) is 9.67. The normalized spacial score (nSPS) is 22.4. The summed E-state index contributed by atoms with van der Waals surface area (Å²) in [5.41, 5.74) is 0. The van der Waals surface area contributed by atoms with Crippen molar-refractivity contribution in [3.05, 3.63) is 24.5 Å². The number of methoxy groups -OCH3 is 1. The van der Waals surface area contributed by atoms with Gasteiger partial charge in [-0.3, -0.25) is 4.98 Å². The van der Waals surface area contributed by atoms with Crippen molar-refractivity contribution in [2.24, 2.45) is 0 Å². The summed E-state index contributed by atoms with van der Waals surface area (Å²) in [5.74, 6) is 0.820. The van der Waals surface area contributed by atoms with E-state index in [0.717, 1.165) is 18.7 Å². The van der Waals surface area contributed by atoms with Crippen LogP contribution in [0.2, 0.25) is 0 Å². The van der Waals surface area contributed by atoms with Crippen molar-refractivity contribution in [2.75, 3.05) is 20.3 Å². The molecule has 2 rings (SSSR count). The highest BCUT2D eigenvalue weighted by Gasteiger charge is 2.23. The molecular formula is C11H18Cl2N2O2.